The van der Waals surface area contributed by atoms with Gasteiger partial charge in [-0.05, 0) is 18.5 Å². The lowest BCUT2D eigenvalue weighted by Gasteiger charge is -2.43. The zero-order chi connectivity index (χ0) is 12.4. The Morgan fingerprint density at radius 2 is 2.17 bits per heavy atom. The minimum atomic E-state index is 0.101. The van der Waals surface area contributed by atoms with E-state index in [1.165, 1.54) is 5.56 Å². The summed E-state index contributed by atoms with van der Waals surface area (Å²) in [4.78, 5) is 14.0. The lowest BCUT2D eigenvalue weighted by Crippen LogP contribution is -2.60. The van der Waals surface area contributed by atoms with E-state index in [1.807, 2.05) is 23.1 Å². The smallest absolute Gasteiger partial charge is 0.249 e. The predicted molar refractivity (Wildman–Crippen MR) is 68.0 cm³/mol. The number of ether oxygens (including phenoxy) is 1. The second-order valence-corrected chi connectivity index (χ2v) is 4.92. The minimum Gasteiger partial charge on any atom is -0.366 e. The summed E-state index contributed by atoms with van der Waals surface area (Å²) in [6, 6.07) is 10.3. The summed E-state index contributed by atoms with van der Waals surface area (Å²) in [6.07, 6.45) is 1.19. The highest BCUT2D eigenvalue weighted by Crippen LogP contribution is 2.22. The Balaban J connectivity index is 1.77. The molecule has 0 radical (unpaired) electrons. The van der Waals surface area contributed by atoms with Gasteiger partial charge in [0, 0.05) is 13.1 Å². The van der Waals surface area contributed by atoms with Gasteiger partial charge in [0.1, 0.15) is 6.61 Å². The maximum atomic E-state index is 12.0. The molecule has 2 aliphatic heterocycles. The number of rotatable bonds is 2. The van der Waals surface area contributed by atoms with Crippen LogP contribution in [0.1, 0.15) is 12.0 Å². The molecule has 0 spiro atoms. The van der Waals surface area contributed by atoms with E-state index in [1.54, 1.807) is 0 Å². The number of morpholine rings is 1. The number of carbonyl (C=O) groups is 1. The maximum absolute atomic E-state index is 12.0. The first-order valence-electron chi connectivity index (χ1n) is 6.50. The third-order valence-electron chi connectivity index (χ3n) is 3.73. The molecule has 0 saturated carbocycles. The number of carbonyl (C=O) groups excluding carboxylic acids is 1. The van der Waals surface area contributed by atoms with Gasteiger partial charge in [-0.3, -0.25) is 4.79 Å². The number of amides is 1. The number of fused-ring (bicyclic) bond motifs is 1. The van der Waals surface area contributed by atoms with Crippen LogP contribution in [0.4, 0.5) is 0 Å². The third kappa shape index (κ3) is 2.26. The molecule has 2 aliphatic rings. The Hall–Kier alpha value is -1.39. The van der Waals surface area contributed by atoms with Crippen molar-refractivity contribution < 1.29 is 9.53 Å². The molecule has 3 rings (SSSR count). The molecule has 2 saturated heterocycles. The molecule has 2 atom stereocenters. The van der Waals surface area contributed by atoms with Gasteiger partial charge < -0.3 is 15.0 Å². The van der Waals surface area contributed by atoms with E-state index < -0.39 is 0 Å². The first-order chi connectivity index (χ1) is 8.84. The molecular formula is C14H18N2O2. The molecule has 0 bridgehead atoms. The van der Waals surface area contributed by atoms with Gasteiger partial charge in [0.25, 0.3) is 0 Å². The zero-order valence-electron chi connectivity index (χ0n) is 10.3. The molecule has 96 valence electrons. The standard InChI is InChI=1S/C14H18N2O2/c17-14-10-18-13-6-7-15-8-12(13)16(14)9-11-4-2-1-3-5-11/h1-5,12-13,15H,6-10H2/t12-,13+/m1/s1. The van der Waals surface area contributed by atoms with E-state index in [-0.39, 0.29) is 24.7 Å². The zero-order valence-corrected chi connectivity index (χ0v) is 10.3. The third-order valence-corrected chi connectivity index (χ3v) is 3.73. The quantitative estimate of drug-likeness (QED) is 0.838. The van der Waals surface area contributed by atoms with Crippen molar-refractivity contribution in [3.8, 4) is 0 Å². The predicted octanol–water partition coefficient (Wildman–Crippen LogP) is 0.776. The largest absolute Gasteiger partial charge is 0.366 e. The molecule has 4 nitrogen and oxygen atoms in total. The van der Waals surface area contributed by atoms with E-state index in [9.17, 15) is 4.79 Å². The monoisotopic (exact) mass is 246 g/mol. The number of benzene rings is 1. The number of nitrogens with zero attached hydrogens (tertiary/aromatic N) is 1. The van der Waals surface area contributed by atoms with Crippen LogP contribution in [-0.4, -0.2) is 42.6 Å². The lowest BCUT2D eigenvalue weighted by molar-refractivity contribution is -0.160. The molecule has 2 fully saturated rings. The number of piperidine rings is 1. The lowest BCUT2D eigenvalue weighted by atomic mass is 9.99. The average molecular weight is 246 g/mol. The van der Waals surface area contributed by atoms with Gasteiger partial charge in [0.2, 0.25) is 5.91 Å². The summed E-state index contributed by atoms with van der Waals surface area (Å²) < 4.78 is 5.63. The molecule has 4 heteroatoms. The van der Waals surface area contributed by atoms with Gasteiger partial charge in [-0.2, -0.15) is 0 Å². The molecule has 18 heavy (non-hydrogen) atoms. The summed E-state index contributed by atoms with van der Waals surface area (Å²) in [5, 5.41) is 3.35. The van der Waals surface area contributed by atoms with Crippen LogP contribution >= 0.6 is 0 Å². The van der Waals surface area contributed by atoms with Crippen molar-refractivity contribution >= 4 is 5.91 Å². The fourth-order valence-corrected chi connectivity index (χ4v) is 2.76. The summed E-state index contributed by atoms with van der Waals surface area (Å²) >= 11 is 0. The van der Waals surface area contributed by atoms with Crippen molar-refractivity contribution in [1.82, 2.24) is 10.2 Å². The Morgan fingerprint density at radius 3 is 3.00 bits per heavy atom. The summed E-state index contributed by atoms with van der Waals surface area (Å²) in [7, 11) is 0. The number of hydrogen-bond acceptors (Lipinski definition) is 3. The van der Waals surface area contributed by atoms with Crippen LogP contribution in [0.2, 0.25) is 0 Å². The summed E-state index contributed by atoms with van der Waals surface area (Å²) in [6.45, 7) is 2.73. The van der Waals surface area contributed by atoms with Crippen molar-refractivity contribution in [2.45, 2.75) is 25.1 Å². The highest BCUT2D eigenvalue weighted by Gasteiger charge is 2.37. The molecule has 2 heterocycles. The van der Waals surface area contributed by atoms with Gasteiger partial charge in [0.05, 0.1) is 12.1 Å². The average Bonchev–Trinajstić information content (AvgIpc) is 2.43. The molecule has 0 aromatic heterocycles. The number of nitrogens with one attached hydrogen (secondary N) is 1. The first kappa shape index (κ1) is 11.7. The Bertz CT molecular complexity index is 421. The first-order valence-corrected chi connectivity index (χ1v) is 6.50. The Kier molecular flexibility index (Phi) is 3.30. The molecule has 1 aromatic carbocycles. The highest BCUT2D eigenvalue weighted by molar-refractivity contribution is 5.78. The SMILES string of the molecule is O=C1CO[C@H]2CCNC[C@H]2N1Cc1ccccc1. The molecule has 0 unspecified atom stereocenters. The van der Waals surface area contributed by atoms with E-state index in [4.69, 9.17) is 4.74 Å². The van der Waals surface area contributed by atoms with Crippen molar-refractivity contribution in [1.29, 1.82) is 0 Å². The van der Waals surface area contributed by atoms with Gasteiger partial charge in [-0.25, -0.2) is 0 Å². The van der Waals surface area contributed by atoms with E-state index >= 15 is 0 Å². The minimum absolute atomic E-state index is 0.101. The number of hydrogen-bond donors (Lipinski definition) is 1. The summed E-state index contributed by atoms with van der Waals surface area (Å²) in [5.74, 6) is 0.101. The fourth-order valence-electron chi connectivity index (χ4n) is 2.76. The second-order valence-electron chi connectivity index (χ2n) is 4.92. The maximum Gasteiger partial charge on any atom is 0.249 e. The van der Waals surface area contributed by atoms with Crippen molar-refractivity contribution in [2.24, 2.45) is 0 Å². The van der Waals surface area contributed by atoms with Crippen LogP contribution < -0.4 is 5.32 Å². The molecule has 1 amide bonds. The van der Waals surface area contributed by atoms with Gasteiger partial charge in [-0.1, -0.05) is 30.3 Å². The van der Waals surface area contributed by atoms with E-state index in [0.29, 0.717) is 6.54 Å². The molecule has 1 aromatic rings. The topological polar surface area (TPSA) is 41.6 Å². The van der Waals surface area contributed by atoms with Crippen molar-refractivity contribution in [2.75, 3.05) is 19.7 Å². The van der Waals surface area contributed by atoms with Crippen LogP contribution in [0.3, 0.4) is 0 Å². The normalized spacial score (nSPS) is 28.0. The van der Waals surface area contributed by atoms with E-state index in [2.05, 4.69) is 17.4 Å². The Labute approximate surface area is 107 Å². The van der Waals surface area contributed by atoms with Gasteiger partial charge >= 0.3 is 0 Å². The van der Waals surface area contributed by atoms with E-state index in [0.717, 1.165) is 19.5 Å². The molecule has 1 N–H and O–H groups in total. The molecular weight excluding hydrogens is 228 g/mol. The van der Waals surface area contributed by atoms with Crippen LogP contribution in [0, 0.1) is 0 Å². The highest BCUT2D eigenvalue weighted by atomic mass is 16.5. The molecule has 0 aliphatic carbocycles. The van der Waals surface area contributed by atoms with Crippen LogP contribution in [0.15, 0.2) is 30.3 Å². The van der Waals surface area contributed by atoms with Crippen LogP contribution in [-0.2, 0) is 16.1 Å². The second kappa shape index (κ2) is 5.08. The van der Waals surface area contributed by atoms with Gasteiger partial charge in [-0.15, -0.1) is 0 Å². The van der Waals surface area contributed by atoms with Gasteiger partial charge in [0.15, 0.2) is 0 Å². The van der Waals surface area contributed by atoms with Crippen LogP contribution in [0.5, 0.6) is 0 Å². The van der Waals surface area contributed by atoms with Crippen molar-refractivity contribution in [3.05, 3.63) is 35.9 Å². The van der Waals surface area contributed by atoms with Crippen molar-refractivity contribution in [3.63, 3.8) is 0 Å². The summed E-state index contributed by atoms with van der Waals surface area (Å²) in [5.41, 5.74) is 1.18. The van der Waals surface area contributed by atoms with Crippen LogP contribution in [0.25, 0.3) is 0 Å². The fraction of sp³-hybridized carbons (Fsp3) is 0.500. The Morgan fingerprint density at radius 1 is 1.33 bits per heavy atom.